The average Bonchev–Trinajstić information content (AvgIpc) is 3.31. The number of hydrogen-bond donors (Lipinski definition) is 7. The highest BCUT2D eigenvalue weighted by Gasteiger charge is 2.40. The molecule has 0 aromatic rings. The Morgan fingerprint density at radius 3 is 2.31 bits per heavy atom. The summed E-state index contributed by atoms with van der Waals surface area (Å²) in [6, 6.07) is -4.27. The van der Waals surface area contributed by atoms with Crippen LogP contribution in [0.3, 0.4) is 0 Å². The van der Waals surface area contributed by atoms with Crippen molar-refractivity contribution in [3.8, 4) is 0 Å². The van der Waals surface area contributed by atoms with Crippen LogP contribution in [0.5, 0.6) is 0 Å². The number of aliphatic carboxylic acids is 2. The van der Waals surface area contributed by atoms with Crippen LogP contribution in [0.2, 0.25) is 0 Å². The van der Waals surface area contributed by atoms with Crippen molar-refractivity contribution >= 4 is 35.6 Å². The summed E-state index contributed by atoms with van der Waals surface area (Å²) in [6.45, 7) is 4.08. The Morgan fingerprint density at radius 1 is 1.08 bits per heavy atom. The van der Waals surface area contributed by atoms with Crippen molar-refractivity contribution in [2.45, 2.75) is 83.0 Å². The van der Waals surface area contributed by atoms with E-state index in [-0.39, 0.29) is 37.8 Å². The first-order chi connectivity index (χ1) is 16.9. The second-order valence-electron chi connectivity index (χ2n) is 8.95. The Bertz CT molecular complexity index is 832. The number of amides is 3. The molecule has 5 atom stereocenters. The molecular formula is C22H39N7O7. The molecule has 1 heterocycles. The van der Waals surface area contributed by atoms with Gasteiger partial charge in [-0.05, 0) is 38.0 Å². The van der Waals surface area contributed by atoms with Crippen LogP contribution in [0.1, 0.15) is 58.8 Å². The molecule has 0 radical (unpaired) electrons. The van der Waals surface area contributed by atoms with Gasteiger partial charge in [0.2, 0.25) is 17.7 Å². The summed E-state index contributed by atoms with van der Waals surface area (Å²) in [4.78, 5) is 66.6. The van der Waals surface area contributed by atoms with Crippen LogP contribution in [-0.4, -0.2) is 88.0 Å². The van der Waals surface area contributed by atoms with Gasteiger partial charge in [0.25, 0.3) is 0 Å². The highest BCUT2D eigenvalue weighted by atomic mass is 16.4. The molecule has 1 aliphatic rings. The van der Waals surface area contributed by atoms with Gasteiger partial charge < -0.3 is 42.9 Å². The molecule has 14 heteroatoms. The molecule has 0 bridgehead atoms. The van der Waals surface area contributed by atoms with E-state index < -0.39 is 60.2 Å². The highest BCUT2D eigenvalue weighted by Crippen LogP contribution is 2.21. The second-order valence-corrected chi connectivity index (χ2v) is 8.95. The topological polar surface area (TPSA) is 244 Å². The normalized spacial score (nSPS) is 18.4. The molecule has 0 saturated carbocycles. The van der Waals surface area contributed by atoms with Crippen LogP contribution in [0, 0.1) is 5.92 Å². The van der Waals surface area contributed by atoms with Crippen molar-refractivity contribution in [2.75, 3.05) is 13.1 Å². The maximum absolute atomic E-state index is 13.2. The number of nitrogens with two attached hydrogens (primary N) is 3. The van der Waals surface area contributed by atoms with Gasteiger partial charge in [0.05, 0.1) is 6.04 Å². The average molecular weight is 514 g/mol. The molecule has 1 saturated heterocycles. The van der Waals surface area contributed by atoms with Gasteiger partial charge in [0.1, 0.15) is 18.1 Å². The lowest BCUT2D eigenvalue weighted by Gasteiger charge is -2.31. The summed E-state index contributed by atoms with van der Waals surface area (Å²) < 4.78 is 0. The first-order valence-corrected chi connectivity index (χ1v) is 12.1. The summed E-state index contributed by atoms with van der Waals surface area (Å²) in [7, 11) is 0. The zero-order chi connectivity index (χ0) is 27.4. The quantitative estimate of drug-likeness (QED) is 0.0744. The van der Waals surface area contributed by atoms with E-state index in [9.17, 15) is 29.1 Å². The summed E-state index contributed by atoms with van der Waals surface area (Å²) in [5.41, 5.74) is 16.4. The first kappa shape index (κ1) is 30.6. The third-order valence-corrected chi connectivity index (χ3v) is 6.18. The number of hydrogen-bond acceptors (Lipinski definition) is 7. The molecule has 5 unspecified atom stereocenters. The number of guanidine groups is 1. The Morgan fingerprint density at radius 2 is 1.75 bits per heavy atom. The van der Waals surface area contributed by atoms with Gasteiger partial charge in [0.15, 0.2) is 5.96 Å². The zero-order valence-electron chi connectivity index (χ0n) is 20.8. The minimum atomic E-state index is -1.26. The molecular weight excluding hydrogens is 474 g/mol. The predicted molar refractivity (Wildman–Crippen MR) is 130 cm³/mol. The van der Waals surface area contributed by atoms with Crippen molar-refractivity contribution in [3.05, 3.63) is 0 Å². The van der Waals surface area contributed by atoms with Gasteiger partial charge in [-0.2, -0.15) is 0 Å². The number of nitrogens with one attached hydrogen (secondary N) is 2. The van der Waals surface area contributed by atoms with E-state index in [1.54, 1.807) is 6.92 Å². The molecule has 1 fully saturated rings. The van der Waals surface area contributed by atoms with Crippen LogP contribution in [-0.2, 0) is 24.0 Å². The number of aliphatic imine (C=N–C) groups is 1. The molecule has 0 aromatic carbocycles. The SMILES string of the molecule is CCC(C)C(NC(=O)C(CCC(=O)O)NC(=O)C(N)CCCN=C(N)N)C(=O)N1CCCC1C(=O)O. The van der Waals surface area contributed by atoms with E-state index in [1.165, 1.54) is 4.90 Å². The molecule has 14 nitrogen and oxygen atoms in total. The van der Waals surface area contributed by atoms with Crippen LogP contribution in [0.4, 0.5) is 0 Å². The maximum atomic E-state index is 13.2. The predicted octanol–water partition coefficient (Wildman–Crippen LogP) is -1.68. The smallest absolute Gasteiger partial charge is 0.326 e. The number of nitrogens with zero attached hydrogens (tertiary/aromatic N) is 2. The molecule has 10 N–H and O–H groups in total. The van der Waals surface area contributed by atoms with Gasteiger partial charge >= 0.3 is 11.9 Å². The zero-order valence-corrected chi connectivity index (χ0v) is 20.8. The standard InChI is InChI=1S/C22H39N7O7/c1-3-12(2)17(20(34)29-11-5-7-15(29)21(35)36)28-19(33)14(8-9-16(30)31)27-18(32)13(23)6-4-10-26-22(24)25/h12-15,17H,3-11,23H2,1-2H3,(H,27,32)(H,28,33)(H,30,31)(H,35,36)(H4,24,25,26). The van der Waals surface area contributed by atoms with Crippen molar-refractivity contribution in [3.63, 3.8) is 0 Å². The number of carbonyl (C=O) groups excluding carboxylic acids is 3. The summed E-state index contributed by atoms with van der Waals surface area (Å²) in [5, 5.41) is 23.6. The Labute approximate surface area is 210 Å². The number of carbonyl (C=O) groups is 5. The third-order valence-electron chi connectivity index (χ3n) is 6.18. The van der Waals surface area contributed by atoms with E-state index in [0.29, 0.717) is 25.7 Å². The molecule has 36 heavy (non-hydrogen) atoms. The van der Waals surface area contributed by atoms with Gasteiger partial charge in [-0.3, -0.25) is 24.2 Å². The molecule has 1 rings (SSSR count). The molecule has 204 valence electrons. The minimum absolute atomic E-state index is 0.0903. The summed E-state index contributed by atoms with van der Waals surface area (Å²) >= 11 is 0. The fourth-order valence-electron chi connectivity index (χ4n) is 3.87. The van der Waals surface area contributed by atoms with Gasteiger partial charge in [-0.15, -0.1) is 0 Å². The van der Waals surface area contributed by atoms with Crippen molar-refractivity contribution in [2.24, 2.45) is 28.1 Å². The number of rotatable bonds is 15. The largest absolute Gasteiger partial charge is 0.481 e. The number of carboxylic acids is 2. The lowest BCUT2D eigenvalue weighted by molar-refractivity contribution is -0.150. The fraction of sp³-hybridized carbons (Fsp3) is 0.727. The van der Waals surface area contributed by atoms with Crippen LogP contribution in [0.15, 0.2) is 4.99 Å². The van der Waals surface area contributed by atoms with Crippen molar-refractivity contribution in [1.29, 1.82) is 0 Å². The first-order valence-electron chi connectivity index (χ1n) is 12.1. The highest BCUT2D eigenvalue weighted by molar-refractivity contribution is 5.94. The van der Waals surface area contributed by atoms with Crippen LogP contribution < -0.4 is 27.8 Å². The second kappa shape index (κ2) is 14.9. The Kier molecular flexibility index (Phi) is 12.6. The van der Waals surface area contributed by atoms with E-state index >= 15 is 0 Å². The van der Waals surface area contributed by atoms with Crippen molar-refractivity contribution in [1.82, 2.24) is 15.5 Å². The maximum Gasteiger partial charge on any atom is 0.326 e. The molecule has 1 aliphatic heterocycles. The Hall–Kier alpha value is -3.42. The lowest BCUT2D eigenvalue weighted by Crippen LogP contribution is -2.58. The molecule has 3 amide bonds. The van der Waals surface area contributed by atoms with E-state index in [2.05, 4.69) is 15.6 Å². The van der Waals surface area contributed by atoms with E-state index in [4.69, 9.17) is 22.3 Å². The van der Waals surface area contributed by atoms with Crippen LogP contribution >= 0.6 is 0 Å². The number of likely N-dealkylation sites (tertiary alicyclic amines) is 1. The summed E-state index contributed by atoms with van der Waals surface area (Å²) in [6.07, 6.45) is 1.35. The lowest BCUT2D eigenvalue weighted by atomic mass is 9.96. The number of carboxylic acid groups (broad SMARTS) is 2. The molecule has 0 aliphatic carbocycles. The third kappa shape index (κ3) is 9.68. The van der Waals surface area contributed by atoms with Crippen LogP contribution in [0.25, 0.3) is 0 Å². The van der Waals surface area contributed by atoms with E-state index in [1.807, 2.05) is 6.92 Å². The van der Waals surface area contributed by atoms with Gasteiger partial charge in [0, 0.05) is 19.5 Å². The van der Waals surface area contributed by atoms with Crippen molar-refractivity contribution < 1.29 is 34.2 Å². The summed E-state index contributed by atoms with van der Waals surface area (Å²) in [5.74, 6) is -4.65. The fourth-order valence-corrected chi connectivity index (χ4v) is 3.87. The monoisotopic (exact) mass is 513 g/mol. The van der Waals surface area contributed by atoms with Gasteiger partial charge in [-0.1, -0.05) is 20.3 Å². The Balaban J connectivity index is 2.96. The van der Waals surface area contributed by atoms with Gasteiger partial charge in [-0.25, -0.2) is 4.79 Å². The van der Waals surface area contributed by atoms with E-state index in [0.717, 1.165) is 0 Å². The minimum Gasteiger partial charge on any atom is -0.481 e. The molecule has 0 spiro atoms. The molecule has 0 aromatic heterocycles.